The van der Waals surface area contributed by atoms with Crippen molar-refractivity contribution in [1.82, 2.24) is 15.3 Å². The minimum atomic E-state index is -0.199. The average Bonchev–Trinajstić information content (AvgIpc) is 2.84. The summed E-state index contributed by atoms with van der Waals surface area (Å²) in [6, 6.07) is 5.94. The molecule has 5 heteroatoms. The first-order chi connectivity index (χ1) is 10.6. The molecule has 1 aromatic carbocycles. The smallest absolute Gasteiger partial charge is 0.287 e. The fourth-order valence-corrected chi connectivity index (χ4v) is 2.39. The van der Waals surface area contributed by atoms with E-state index in [1.54, 1.807) is 18.6 Å². The molecule has 5 nitrogen and oxygen atoms in total. The van der Waals surface area contributed by atoms with Crippen LogP contribution in [-0.2, 0) is 6.42 Å². The first kappa shape index (κ1) is 14.3. The van der Waals surface area contributed by atoms with E-state index in [9.17, 15) is 4.79 Å². The van der Waals surface area contributed by atoms with Gasteiger partial charge in [-0.15, -0.1) is 0 Å². The van der Waals surface area contributed by atoms with Crippen LogP contribution in [0.3, 0.4) is 0 Å². The molecule has 0 unspecified atom stereocenters. The summed E-state index contributed by atoms with van der Waals surface area (Å²) in [5, 5.41) is 3.84. The second-order valence-electron chi connectivity index (χ2n) is 5.26. The molecule has 0 atom stereocenters. The predicted octanol–water partition coefficient (Wildman–Crippen LogP) is 2.81. The summed E-state index contributed by atoms with van der Waals surface area (Å²) in [6.07, 6.45) is 5.60. The number of aryl methyl sites for hydroxylation is 2. The number of furan rings is 1. The van der Waals surface area contributed by atoms with Crippen LogP contribution in [0.25, 0.3) is 11.0 Å². The molecule has 0 radical (unpaired) electrons. The summed E-state index contributed by atoms with van der Waals surface area (Å²) in [5.41, 5.74) is 3.57. The van der Waals surface area contributed by atoms with Gasteiger partial charge in [0.05, 0.1) is 5.69 Å². The number of nitrogens with zero attached hydrogens (tertiary/aromatic N) is 2. The molecule has 1 N–H and O–H groups in total. The third kappa shape index (κ3) is 2.83. The zero-order chi connectivity index (χ0) is 15.5. The maximum absolute atomic E-state index is 12.3. The molecule has 0 aliphatic heterocycles. The Morgan fingerprint density at radius 3 is 2.91 bits per heavy atom. The lowest BCUT2D eigenvalue weighted by atomic mass is 10.1. The first-order valence-corrected chi connectivity index (χ1v) is 7.18. The molecule has 1 amide bonds. The van der Waals surface area contributed by atoms with Crippen LogP contribution in [0.5, 0.6) is 0 Å². The predicted molar refractivity (Wildman–Crippen MR) is 83.8 cm³/mol. The molecule has 0 aliphatic rings. The lowest BCUT2D eigenvalue weighted by Crippen LogP contribution is -2.26. The number of carbonyl (C=O) groups excluding carboxylic acids is 1. The molecule has 0 fully saturated rings. The molecule has 0 aliphatic carbocycles. The number of benzene rings is 1. The molecule has 2 heterocycles. The number of rotatable bonds is 4. The monoisotopic (exact) mass is 295 g/mol. The Hall–Kier alpha value is -2.69. The van der Waals surface area contributed by atoms with E-state index in [0.29, 0.717) is 18.7 Å². The van der Waals surface area contributed by atoms with Crippen LogP contribution in [0.1, 0.15) is 27.4 Å². The Balaban J connectivity index is 1.71. The quantitative estimate of drug-likeness (QED) is 0.803. The van der Waals surface area contributed by atoms with Crippen molar-refractivity contribution in [2.45, 2.75) is 20.3 Å². The zero-order valence-corrected chi connectivity index (χ0v) is 12.6. The fourth-order valence-electron chi connectivity index (χ4n) is 2.39. The van der Waals surface area contributed by atoms with E-state index in [2.05, 4.69) is 15.3 Å². The van der Waals surface area contributed by atoms with Gasteiger partial charge in [0.15, 0.2) is 5.76 Å². The highest BCUT2D eigenvalue weighted by molar-refractivity contribution is 5.99. The summed E-state index contributed by atoms with van der Waals surface area (Å²) in [7, 11) is 0. The van der Waals surface area contributed by atoms with Gasteiger partial charge >= 0.3 is 0 Å². The number of hydrogen-bond donors (Lipinski definition) is 1. The minimum Gasteiger partial charge on any atom is -0.451 e. The van der Waals surface area contributed by atoms with Crippen molar-refractivity contribution in [3.05, 3.63) is 59.4 Å². The van der Waals surface area contributed by atoms with E-state index in [-0.39, 0.29) is 5.91 Å². The van der Waals surface area contributed by atoms with Crippen LogP contribution in [-0.4, -0.2) is 22.4 Å². The van der Waals surface area contributed by atoms with Gasteiger partial charge in [0.2, 0.25) is 0 Å². The molecule has 3 aromatic rings. The van der Waals surface area contributed by atoms with E-state index in [1.807, 2.05) is 32.0 Å². The largest absolute Gasteiger partial charge is 0.451 e. The molecule has 2 aromatic heterocycles. The van der Waals surface area contributed by atoms with Crippen LogP contribution in [0, 0.1) is 13.8 Å². The van der Waals surface area contributed by atoms with E-state index in [0.717, 1.165) is 27.8 Å². The van der Waals surface area contributed by atoms with Gasteiger partial charge in [-0.25, -0.2) is 0 Å². The Morgan fingerprint density at radius 2 is 2.14 bits per heavy atom. The number of nitrogens with one attached hydrogen (secondary N) is 1. The van der Waals surface area contributed by atoms with Gasteiger partial charge in [-0.3, -0.25) is 14.8 Å². The molecule has 0 spiro atoms. The van der Waals surface area contributed by atoms with Gasteiger partial charge in [0, 0.05) is 42.5 Å². The Labute approximate surface area is 128 Å². The lowest BCUT2D eigenvalue weighted by molar-refractivity contribution is 0.0927. The van der Waals surface area contributed by atoms with Gasteiger partial charge in [-0.05, 0) is 25.5 Å². The van der Waals surface area contributed by atoms with Crippen LogP contribution < -0.4 is 5.32 Å². The van der Waals surface area contributed by atoms with Gasteiger partial charge < -0.3 is 9.73 Å². The SMILES string of the molecule is Cc1ccc2c(C)c(C(=O)NCCc3cnccn3)oc2c1. The van der Waals surface area contributed by atoms with Crippen molar-refractivity contribution < 1.29 is 9.21 Å². The van der Waals surface area contributed by atoms with Gasteiger partial charge in [0.1, 0.15) is 5.58 Å². The molecule has 3 rings (SSSR count). The normalized spacial score (nSPS) is 10.8. The van der Waals surface area contributed by atoms with Crippen molar-refractivity contribution in [1.29, 1.82) is 0 Å². The average molecular weight is 295 g/mol. The summed E-state index contributed by atoms with van der Waals surface area (Å²) in [5.74, 6) is 0.176. The van der Waals surface area contributed by atoms with Crippen molar-refractivity contribution >= 4 is 16.9 Å². The second-order valence-corrected chi connectivity index (χ2v) is 5.26. The topological polar surface area (TPSA) is 68.0 Å². The highest BCUT2D eigenvalue weighted by Gasteiger charge is 2.17. The van der Waals surface area contributed by atoms with Crippen molar-refractivity contribution in [3.63, 3.8) is 0 Å². The maximum Gasteiger partial charge on any atom is 0.287 e. The highest BCUT2D eigenvalue weighted by atomic mass is 16.3. The zero-order valence-electron chi connectivity index (χ0n) is 12.6. The summed E-state index contributed by atoms with van der Waals surface area (Å²) in [4.78, 5) is 20.4. The second kappa shape index (κ2) is 5.97. The van der Waals surface area contributed by atoms with Crippen molar-refractivity contribution in [2.75, 3.05) is 6.54 Å². The molecule has 112 valence electrons. The van der Waals surface area contributed by atoms with E-state index in [1.165, 1.54) is 0 Å². The Kier molecular flexibility index (Phi) is 3.87. The van der Waals surface area contributed by atoms with Crippen LogP contribution >= 0.6 is 0 Å². The fraction of sp³-hybridized carbons (Fsp3) is 0.235. The van der Waals surface area contributed by atoms with Crippen LogP contribution in [0.4, 0.5) is 0 Å². The van der Waals surface area contributed by atoms with Crippen molar-refractivity contribution in [3.8, 4) is 0 Å². The molecule has 0 bridgehead atoms. The summed E-state index contributed by atoms with van der Waals surface area (Å²) >= 11 is 0. The van der Waals surface area contributed by atoms with Gasteiger partial charge in [-0.2, -0.15) is 0 Å². The van der Waals surface area contributed by atoms with E-state index >= 15 is 0 Å². The summed E-state index contributed by atoms with van der Waals surface area (Å²) < 4.78 is 5.70. The van der Waals surface area contributed by atoms with Crippen LogP contribution in [0.15, 0.2) is 41.2 Å². The third-order valence-corrected chi connectivity index (χ3v) is 3.58. The van der Waals surface area contributed by atoms with Crippen LogP contribution in [0.2, 0.25) is 0 Å². The lowest BCUT2D eigenvalue weighted by Gasteiger charge is -2.03. The number of carbonyl (C=O) groups is 1. The van der Waals surface area contributed by atoms with Gasteiger partial charge in [0.25, 0.3) is 5.91 Å². The first-order valence-electron chi connectivity index (χ1n) is 7.18. The van der Waals surface area contributed by atoms with Crippen molar-refractivity contribution in [2.24, 2.45) is 0 Å². The number of amides is 1. The summed E-state index contributed by atoms with van der Waals surface area (Å²) in [6.45, 7) is 4.39. The highest BCUT2D eigenvalue weighted by Crippen LogP contribution is 2.25. The molecule has 22 heavy (non-hydrogen) atoms. The van der Waals surface area contributed by atoms with E-state index < -0.39 is 0 Å². The Morgan fingerprint density at radius 1 is 1.27 bits per heavy atom. The molecular formula is C17H17N3O2. The number of aromatic nitrogens is 2. The maximum atomic E-state index is 12.3. The van der Waals surface area contributed by atoms with E-state index in [4.69, 9.17) is 4.42 Å². The molecular weight excluding hydrogens is 278 g/mol. The standard InChI is InChI=1S/C17H17N3O2/c1-11-3-4-14-12(2)16(22-15(14)9-11)17(21)20-6-5-13-10-18-7-8-19-13/h3-4,7-10H,5-6H2,1-2H3,(H,20,21). The minimum absolute atomic E-state index is 0.199. The molecule has 0 saturated heterocycles. The van der Waals surface area contributed by atoms with Gasteiger partial charge in [-0.1, -0.05) is 12.1 Å². The molecule has 0 saturated carbocycles. The Bertz CT molecular complexity index is 809. The third-order valence-electron chi connectivity index (χ3n) is 3.58. The number of hydrogen-bond acceptors (Lipinski definition) is 4. The number of fused-ring (bicyclic) bond motifs is 1.